The van der Waals surface area contributed by atoms with Gasteiger partial charge in [0.2, 0.25) is 0 Å². The van der Waals surface area contributed by atoms with E-state index >= 15 is 0 Å². The highest BCUT2D eigenvalue weighted by atomic mass is 16.5. The molecule has 1 rings (SSSR count). The molecule has 1 heterocycles. The van der Waals surface area contributed by atoms with Gasteiger partial charge in [-0.3, -0.25) is 0 Å². The Morgan fingerprint density at radius 3 is 3.00 bits per heavy atom. The molecule has 1 aliphatic heterocycles. The van der Waals surface area contributed by atoms with Gasteiger partial charge in [0.15, 0.2) is 0 Å². The Kier molecular flexibility index (Phi) is 2.71. The first-order valence-electron chi connectivity index (χ1n) is 3.46. The molecule has 1 aliphatic rings. The second kappa shape index (κ2) is 3.62. The predicted molar refractivity (Wildman–Crippen MR) is 34.2 cm³/mol. The molecule has 2 nitrogen and oxygen atoms in total. The van der Waals surface area contributed by atoms with Crippen LogP contribution in [0, 0.1) is 5.92 Å². The van der Waals surface area contributed by atoms with Crippen molar-refractivity contribution in [2.24, 2.45) is 5.92 Å². The van der Waals surface area contributed by atoms with Crippen molar-refractivity contribution in [2.45, 2.75) is 19.3 Å². The first-order valence-corrected chi connectivity index (χ1v) is 3.46. The van der Waals surface area contributed by atoms with Crippen LogP contribution in [0.1, 0.15) is 19.3 Å². The molecule has 0 aromatic carbocycles. The van der Waals surface area contributed by atoms with Crippen LogP contribution >= 0.6 is 0 Å². The number of carbonyl (C=O) groups excluding carboxylic acids is 1. The molecule has 1 fully saturated rings. The van der Waals surface area contributed by atoms with Gasteiger partial charge in [-0.2, -0.15) is 0 Å². The van der Waals surface area contributed by atoms with E-state index < -0.39 is 0 Å². The zero-order valence-corrected chi connectivity index (χ0v) is 5.51. The summed E-state index contributed by atoms with van der Waals surface area (Å²) >= 11 is 0. The molecule has 0 aliphatic carbocycles. The fourth-order valence-electron chi connectivity index (χ4n) is 1.06. The molecule has 2 heteroatoms. The topological polar surface area (TPSA) is 26.3 Å². The van der Waals surface area contributed by atoms with E-state index in [-0.39, 0.29) is 5.92 Å². The number of ether oxygens (including phenoxy) is 1. The quantitative estimate of drug-likeness (QED) is 0.492. The van der Waals surface area contributed by atoms with Gasteiger partial charge in [-0.25, -0.2) is 0 Å². The average Bonchev–Trinajstić information content (AvgIpc) is 2.13. The lowest BCUT2D eigenvalue weighted by Crippen LogP contribution is -2.01. The van der Waals surface area contributed by atoms with Crippen LogP contribution in [0.2, 0.25) is 0 Å². The van der Waals surface area contributed by atoms with E-state index in [9.17, 15) is 4.79 Å². The zero-order valence-electron chi connectivity index (χ0n) is 5.51. The van der Waals surface area contributed by atoms with E-state index in [4.69, 9.17) is 4.74 Å². The van der Waals surface area contributed by atoms with Gasteiger partial charge in [0.05, 0.1) is 0 Å². The van der Waals surface area contributed by atoms with Crippen molar-refractivity contribution in [1.82, 2.24) is 0 Å². The van der Waals surface area contributed by atoms with Crippen molar-refractivity contribution in [2.75, 3.05) is 13.2 Å². The molecular weight excluding hydrogens is 116 g/mol. The second-order valence-electron chi connectivity index (χ2n) is 2.44. The van der Waals surface area contributed by atoms with Gasteiger partial charge in [0.25, 0.3) is 0 Å². The van der Waals surface area contributed by atoms with Crippen molar-refractivity contribution < 1.29 is 9.53 Å². The van der Waals surface area contributed by atoms with Crippen LogP contribution in [0.25, 0.3) is 0 Å². The summed E-state index contributed by atoms with van der Waals surface area (Å²) in [6, 6.07) is 0. The predicted octanol–water partition coefficient (Wildman–Crippen LogP) is 1.00. The molecule has 1 atom stereocenters. The fraction of sp³-hybridized carbons (Fsp3) is 0.857. The Labute approximate surface area is 55.2 Å². The van der Waals surface area contributed by atoms with Gasteiger partial charge in [0.1, 0.15) is 6.29 Å². The van der Waals surface area contributed by atoms with Crippen LogP contribution in [0.15, 0.2) is 0 Å². The van der Waals surface area contributed by atoms with Crippen molar-refractivity contribution >= 4 is 6.29 Å². The van der Waals surface area contributed by atoms with Crippen molar-refractivity contribution in [3.63, 3.8) is 0 Å². The summed E-state index contributed by atoms with van der Waals surface area (Å²) in [5.74, 6) is 0.271. The normalized spacial score (nSPS) is 29.1. The standard InChI is InChI=1S/C7H12O2/c8-6-7-2-1-4-9-5-3-7/h6-7H,1-5H2. The summed E-state index contributed by atoms with van der Waals surface area (Å²) < 4.78 is 5.17. The molecule has 0 aromatic heterocycles. The van der Waals surface area contributed by atoms with Crippen LogP contribution in [0.4, 0.5) is 0 Å². The van der Waals surface area contributed by atoms with Gasteiger partial charge in [0, 0.05) is 19.1 Å². The van der Waals surface area contributed by atoms with Crippen LogP contribution in [0.3, 0.4) is 0 Å². The molecule has 1 unspecified atom stereocenters. The van der Waals surface area contributed by atoms with Crippen LogP contribution in [-0.4, -0.2) is 19.5 Å². The Balaban J connectivity index is 2.26. The van der Waals surface area contributed by atoms with Gasteiger partial charge in [-0.05, 0) is 19.3 Å². The molecule has 0 N–H and O–H groups in total. The SMILES string of the molecule is O=CC1CCCOCC1. The molecular formula is C7H12O2. The molecule has 0 amide bonds. The van der Waals surface area contributed by atoms with E-state index in [0.29, 0.717) is 0 Å². The lowest BCUT2D eigenvalue weighted by Gasteiger charge is -2.00. The molecule has 0 aromatic rings. The number of aldehydes is 1. The van der Waals surface area contributed by atoms with Crippen molar-refractivity contribution in [1.29, 1.82) is 0 Å². The summed E-state index contributed by atoms with van der Waals surface area (Å²) in [6.45, 7) is 1.60. The summed E-state index contributed by atoms with van der Waals surface area (Å²) in [7, 11) is 0. The third-order valence-electron chi connectivity index (χ3n) is 1.69. The lowest BCUT2D eigenvalue weighted by molar-refractivity contribution is -0.111. The van der Waals surface area contributed by atoms with Gasteiger partial charge in [-0.1, -0.05) is 0 Å². The highest BCUT2D eigenvalue weighted by Crippen LogP contribution is 2.12. The van der Waals surface area contributed by atoms with Crippen LogP contribution < -0.4 is 0 Å². The van der Waals surface area contributed by atoms with E-state index in [1.807, 2.05) is 0 Å². The molecule has 52 valence electrons. The van der Waals surface area contributed by atoms with Gasteiger partial charge >= 0.3 is 0 Å². The smallest absolute Gasteiger partial charge is 0.123 e. The van der Waals surface area contributed by atoms with Gasteiger partial charge in [-0.15, -0.1) is 0 Å². The van der Waals surface area contributed by atoms with E-state index in [2.05, 4.69) is 0 Å². The Morgan fingerprint density at radius 1 is 1.33 bits per heavy atom. The molecule has 0 saturated carbocycles. The third kappa shape index (κ3) is 2.14. The maximum atomic E-state index is 10.3. The minimum atomic E-state index is 0.271. The van der Waals surface area contributed by atoms with E-state index in [1.165, 1.54) is 0 Å². The largest absolute Gasteiger partial charge is 0.381 e. The Bertz CT molecular complexity index is 82.9. The first kappa shape index (κ1) is 6.75. The number of hydrogen-bond acceptors (Lipinski definition) is 2. The van der Waals surface area contributed by atoms with Crippen molar-refractivity contribution in [3.05, 3.63) is 0 Å². The van der Waals surface area contributed by atoms with Crippen LogP contribution in [-0.2, 0) is 9.53 Å². The zero-order chi connectivity index (χ0) is 6.53. The highest BCUT2D eigenvalue weighted by molar-refractivity contribution is 5.53. The Morgan fingerprint density at radius 2 is 2.22 bits per heavy atom. The highest BCUT2D eigenvalue weighted by Gasteiger charge is 2.09. The summed E-state index contributed by atoms with van der Waals surface area (Å²) in [5.41, 5.74) is 0. The number of carbonyl (C=O) groups is 1. The second-order valence-corrected chi connectivity index (χ2v) is 2.44. The minimum absolute atomic E-state index is 0.271. The van der Waals surface area contributed by atoms with Gasteiger partial charge < -0.3 is 9.53 Å². The monoisotopic (exact) mass is 128 g/mol. The summed E-state index contributed by atoms with van der Waals surface area (Å²) in [5, 5.41) is 0. The molecule has 0 spiro atoms. The maximum Gasteiger partial charge on any atom is 0.123 e. The lowest BCUT2D eigenvalue weighted by atomic mass is 10.0. The third-order valence-corrected chi connectivity index (χ3v) is 1.69. The average molecular weight is 128 g/mol. The number of rotatable bonds is 1. The molecule has 9 heavy (non-hydrogen) atoms. The Hall–Kier alpha value is -0.370. The summed E-state index contributed by atoms with van der Waals surface area (Å²) in [4.78, 5) is 10.3. The van der Waals surface area contributed by atoms with Crippen LogP contribution in [0.5, 0.6) is 0 Å². The number of hydrogen-bond donors (Lipinski definition) is 0. The van der Waals surface area contributed by atoms with E-state index in [1.54, 1.807) is 0 Å². The minimum Gasteiger partial charge on any atom is -0.381 e. The summed E-state index contributed by atoms with van der Waals surface area (Å²) in [6.07, 6.45) is 4.03. The fourth-order valence-corrected chi connectivity index (χ4v) is 1.06. The molecule has 1 saturated heterocycles. The first-order chi connectivity index (χ1) is 4.43. The maximum absolute atomic E-state index is 10.3. The van der Waals surface area contributed by atoms with E-state index in [0.717, 1.165) is 38.8 Å². The van der Waals surface area contributed by atoms with Crippen molar-refractivity contribution in [3.8, 4) is 0 Å². The molecule has 0 radical (unpaired) electrons. The molecule has 0 bridgehead atoms.